The maximum absolute atomic E-state index is 13.3. The van der Waals surface area contributed by atoms with Crippen LogP contribution in [0.1, 0.15) is 42.9 Å². The van der Waals surface area contributed by atoms with Gasteiger partial charge in [0.2, 0.25) is 5.91 Å². The molecule has 1 aromatic rings. The van der Waals surface area contributed by atoms with Crippen LogP contribution in [0.5, 0.6) is 0 Å². The first kappa shape index (κ1) is 19.4. The molecule has 1 N–H and O–H groups in total. The fraction of sp³-hybridized carbons (Fsp3) is 0.591. The first-order valence-electron chi connectivity index (χ1n) is 10.4. The predicted molar refractivity (Wildman–Crippen MR) is 123 cm³/mol. The zero-order valence-electron chi connectivity index (χ0n) is 18.0. The molecule has 1 aliphatic heterocycles. The van der Waals surface area contributed by atoms with Gasteiger partial charge in [-0.05, 0) is 47.9 Å². The van der Waals surface area contributed by atoms with Crippen LogP contribution in [0.2, 0.25) is 44.3 Å². The molecule has 4 rings (SSSR count). The first-order chi connectivity index (χ1) is 12.4. The number of fused-ring (bicyclic) bond motifs is 2. The van der Waals surface area contributed by atoms with Crippen LogP contribution in [-0.2, 0) is 16.3 Å². The summed E-state index contributed by atoms with van der Waals surface area (Å²) in [5.41, 5.74) is 14.4. The number of benzene rings is 1. The maximum atomic E-state index is 13.3. The molecule has 0 bridgehead atoms. The Morgan fingerprint density at radius 3 is 2.33 bits per heavy atom. The highest BCUT2D eigenvalue weighted by atomic mass is 29.6. The molecule has 0 aromatic heterocycles. The van der Waals surface area contributed by atoms with Gasteiger partial charge in [-0.3, -0.25) is 10.5 Å². The van der Waals surface area contributed by atoms with Crippen molar-refractivity contribution in [3.8, 4) is 0 Å². The van der Waals surface area contributed by atoms with Gasteiger partial charge in [0.05, 0.1) is 15.2 Å². The van der Waals surface area contributed by atoms with Crippen LogP contribution in [-0.4, -0.2) is 28.2 Å². The van der Waals surface area contributed by atoms with Gasteiger partial charge in [-0.1, -0.05) is 75.6 Å². The monoisotopic (exact) mass is 412 g/mol. The minimum Gasteiger partial charge on any atom is -0.273 e. The molecular weight excluding hydrogens is 379 g/mol. The number of nitrogens with one attached hydrogen (secondary N) is 1. The summed E-state index contributed by atoms with van der Waals surface area (Å²) in [7, 11) is -5.32. The predicted octanol–water partition coefficient (Wildman–Crippen LogP) is 5.45. The van der Waals surface area contributed by atoms with Crippen molar-refractivity contribution < 1.29 is 4.79 Å². The van der Waals surface area contributed by atoms with Crippen LogP contribution < -0.4 is 5.73 Å². The van der Waals surface area contributed by atoms with Gasteiger partial charge in [0.15, 0.2) is 0 Å². The van der Waals surface area contributed by atoms with E-state index < -0.39 is 22.3 Å². The molecule has 2 atom stereocenters. The minimum atomic E-state index is -1.91. The largest absolute Gasteiger partial charge is 0.273 e. The molecule has 2 unspecified atom stereocenters. The molecule has 2 aliphatic carbocycles. The van der Waals surface area contributed by atoms with Crippen molar-refractivity contribution in [1.29, 1.82) is 0 Å². The quantitative estimate of drug-likeness (QED) is 0.595. The molecule has 145 valence electrons. The summed E-state index contributed by atoms with van der Waals surface area (Å²) in [6.45, 7) is 17.6. The first-order valence-corrected chi connectivity index (χ1v) is 21.4. The molecule has 1 amide bonds. The van der Waals surface area contributed by atoms with Crippen LogP contribution in [0.15, 0.2) is 23.8 Å². The Balaban J connectivity index is 2.15. The summed E-state index contributed by atoms with van der Waals surface area (Å²) in [6, 6.07) is 6.86. The van der Waals surface area contributed by atoms with E-state index in [2.05, 4.69) is 70.5 Å². The molecule has 1 saturated carbocycles. The highest BCUT2D eigenvalue weighted by molar-refractivity contribution is 7.72. The lowest BCUT2D eigenvalue weighted by Crippen LogP contribution is -2.68. The number of allylic oxidation sites excluding steroid dienone is 1. The van der Waals surface area contributed by atoms with Crippen molar-refractivity contribution in [2.24, 2.45) is 0 Å². The van der Waals surface area contributed by atoms with Crippen LogP contribution in [0.25, 0.3) is 6.08 Å². The lowest BCUT2D eigenvalue weighted by atomic mass is 9.82. The van der Waals surface area contributed by atoms with Crippen molar-refractivity contribution in [3.63, 3.8) is 0 Å². The lowest BCUT2D eigenvalue weighted by molar-refractivity contribution is -0.122. The summed E-state index contributed by atoms with van der Waals surface area (Å²) in [4.78, 5) is 13.3. The van der Waals surface area contributed by atoms with Crippen LogP contribution in [0, 0.1) is 0 Å². The van der Waals surface area contributed by atoms with Crippen LogP contribution in [0.3, 0.4) is 0 Å². The highest BCUT2D eigenvalue weighted by Crippen LogP contribution is 2.76. The molecule has 5 heteroatoms. The van der Waals surface area contributed by atoms with Gasteiger partial charge in [-0.25, -0.2) is 0 Å². The van der Waals surface area contributed by atoms with Gasteiger partial charge in [0.1, 0.15) is 0 Å². The van der Waals surface area contributed by atoms with Gasteiger partial charge in [-0.15, -0.1) is 0 Å². The molecule has 27 heavy (non-hydrogen) atoms. The van der Waals surface area contributed by atoms with Crippen LogP contribution in [0.4, 0.5) is 0 Å². The summed E-state index contributed by atoms with van der Waals surface area (Å²) < 4.78 is 0. The standard InChI is InChI=1S/C22H34NOSi3/c1-16-14-17-10-8-11-19(18(17)15-16)21-12-9-13-22(21,20(23)24)26(4,5)27(6,7)25(21,2)3/h8,10-11,15,23H,9,12-14H2,1-7H3. The van der Waals surface area contributed by atoms with Crippen molar-refractivity contribution in [1.82, 2.24) is 5.73 Å². The number of amides is 1. The molecule has 1 aromatic carbocycles. The molecular formula is C22H34NOSi3. The topological polar surface area (TPSA) is 40.9 Å². The zero-order chi connectivity index (χ0) is 20.0. The third kappa shape index (κ3) is 1.80. The van der Waals surface area contributed by atoms with Gasteiger partial charge in [0.25, 0.3) is 0 Å². The fourth-order valence-corrected chi connectivity index (χ4v) is 51.6. The Labute approximate surface area is 167 Å². The zero-order valence-corrected chi connectivity index (χ0v) is 21.0. The molecule has 3 aliphatic rings. The van der Waals surface area contributed by atoms with E-state index in [-0.39, 0.29) is 16.0 Å². The number of hydrogen-bond acceptors (Lipinski definition) is 1. The molecule has 2 fully saturated rings. The third-order valence-corrected chi connectivity index (χ3v) is 55.2. The van der Waals surface area contributed by atoms with E-state index in [1.165, 1.54) is 22.3 Å². The van der Waals surface area contributed by atoms with E-state index >= 15 is 0 Å². The molecule has 1 saturated heterocycles. The maximum Gasteiger partial charge on any atom is 0.242 e. The van der Waals surface area contributed by atoms with E-state index in [1.54, 1.807) is 0 Å². The summed E-state index contributed by atoms with van der Waals surface area (Å²) >= 11 is 0. The van der Waals surface area contributed by atoms with Crippen molar-refractivity contribution in [3.05, 3.63) is 40.5 Å². The van der Waals surface area contributed by atoms with Crippen molar-refractivity contribution in [2.75, 3.05) is 0 Å². The summed E-state index contributed by atoms with van der Waals surface area (Å²) in [6.07, 6.45) is 6.66. The fourth-order valence-electron chi connectivity index (χ4n) is 7.79. The molecule has 1 heterocycles. The number of hydrogen-bond donors (Lipinski definition) is 0. The van der Waals surface area contributed by atoms with Crippen molar-refractivity contribution in [2.45, 2.75) is 82.0 Å². The summed E-state index contributed by atoms with van der Waals surface area (Å²) in [5, 5.41) is -0.401. The van der Waals surface area contributed by atoms with Gasteiger partial charge in [-0.2, -0.15) is 0 Å². The van der Waals surface area contributed by atoms with Crippen molar-refractivity contribution >= 4 is 34.3 Å². The van der Waals surface area contributed by atoms with E-state index in [0.717, 1.165) is 25.7 Å². The molecule has 1 radical (unpaired) electrons. The molecule has 0 spiro atoms. The highest BCUT2D eigenvalue weighted by Gasteiger charge is 2.84. The van der Waals surface area contributed by atoms with E-state index in [9.17, 15) is 4.79 Å². The third-order valence-electron chi connectivity index (χ3n) is 9.99. The van der Waals surface area contributed by atoms with Gasteiger partial charge < -0.3 is 0 Å². The Bertz CT molecular complexity index is 886. The van der Waals surface area contributed by atoms with E-state index in [0.29, 0.717) is 0 Å². The van der Waals surface area contributed by atoms with Gasteiger partial charge in [0, 0.05) is 12.1 Å². The number of carbonyl (C=O) groups is 1. The second kappa shape index (κ2) is 5.36. The average molecular weight is 413 g/mol. The van der Waals surface area contributed by atoms with E-state index in [1.807, 2.05) is 0 Å². The SMILES string of the molecule is CC1=Cc2c(cccc2C23CCCC2(C([NH])=O)[Si](C)(C)[Si](C)(C)[Si]3(C)C)C1. The second-order valence-electron chi connectivity index (χ2n) is 10.9. The lowest BCUT2D eigenvalue weighted by Gasteiger charge is -2.50. The number of carbonyl (C=O) groups excluding carboxylic acids is 1. The van der Waals surface area contributed by atoms with Crippen LogP contribution >= 0.6 is 0 Å². The average Bonchev–Trinajstić information content (AvgIpc) is 3.16. The Morgan fingerprint density at radius 2 is 1.70 bits per heavy atom. The Hall–Kier alpha value is -0.919. The Morgan fingerprint density at radius 1 is 1.04 bits per heavy atom. The smallest absolute Gasteiger partial charge is 0.242 e. The van der Waals surface area contributed by atoms with E-state index in [4.69, 9.17) is 5.73 Å². The van der Waals surface area contributed by atoms with Gasteiger partial charge >= 0.3 is 0 Å². The number of rotatable bonds is 2. The second-order valence-corrected chi connectivity index (χ2v) is 38.9. The minimum absolute atomic E-state index is 0.0310. The molecule has 2 nitrogen and oxygen atoms in total. The normalized spacial score (nSPS) is 34.9. The Kier molecular flexibility index (Phi) is 3.85. The summed E-state index contributed by atoms with van der Waals surface area (Å²) in [5.74, 6) is -0.216.